The molecule has 0 bridgehead atoms. The molecule has 1 atom stereocenters. The molecule has 2 aromatic carbocycles. The Balaban J connectivity index is 1.60. The summed E-state index contributed by atoms with van der Waals surface area (Å²) in [6.07, 6.45) is -2.30. The Hall–Kier alpha value is -3.53. The zero-order valence-electron chi connectivity index (χ0n) is 19.9. The van der Waals surface area contributed by atoms with Crippen LogP contribution in [0.1, 0.15) is 50.7 Å². The highest BCUT2D eigenvalue weighted by atomic mass is 19.4. The van der Waals surface area contributed by atoms with Gasteiger partial charge in [-0.3, -0.25) is 9.59 Å². The Morgan fingerprint density at radius 3 is 2.61 bits per heavy atom. The molecular formula is C26H27F3N2O5. The second kappa shape index (κ2) is 9.85. The van der Waals surface area contributed by atoms with Crippen LogP contribution in [0.25, 0.3) is 5.57 Å². The molecule has 0 spiro atoms. The Kier molecular flexibility index (Phi) is 6.99. The average Bonchev–Trinajstić information content (AvgIpc) is 2.83. The highest BCUT2D eigenvalue weighted by molar-refractivity contribution is 6.05. The average molecular weight is 505 g/mol. The van der Waals surface area contributed by atoms with E-state index in [9.17, 15) is 22.8 Å². The van der Waals surface area contributed by atoms with Crippen LogP contribution in [0.5, 0.6) is 11.5 Å². The molecule has 3 N–H and O–H groups in total. The summed E-state index contributed by atoms with van der Waals surface area (Å²) in [5.74, 6) is -0.349. The SMILES string of the molecule is CCC1(CC)C/C(=C\C(=O)Nc2ccc3c(c2)NC(=O)C(CCO)O3)c2ccc(C(F)(F)F)cc2O1. The lowest BCUT2D eigenvalue weighted by Gasteiger charge is -2.39. The van der Waals surface area contributed by atoms with E-state index in [1.165, 1.54) is 12.1 Å². The summed E-state index contributed by atoms with van der Waals surface area (Å²) in [7, 11) is 0. The van der Waals surface area contributed by atoms with Crippen molar-refractivity contribution >= 4 is 28.8 Å². The zero-order valence-corrected chi connectivity index (χ0v) is 19.9. The molecule has 36 heavy (non-hydrogen) atoms. The van der Waals surface area contributed by atoms with Gasteiger partial charge in [0, 0.05) is 36.8 Å². The van der Waals surface area contributed by atoms with Crippen molar-refractivity contribution < 1.29 is 37.3 Å². The molecule has 1 unspecified atom stereocenters. The number of hydrogen-bond acceptors (Lipinski definition) is 5. The van der Waals surface area contributed by atoms with Crippen molar-refractivity contribution in [2.24, 2.45) is 0 Å². The molecule has 2 amide bonds. The molecule has 2 aliphatic rings. The van der Waals surface area contributed by atoms with Gasteiger partial charge in [-0.15, -0.1) is 0 Å². The van der Waals surface area contributed by atoms with Gasteiger partial charge in [-0.1, -0.05) is 19.9 Å². The topological polar surface area (TPSA) is 96.9 Å². The highest BCUT2D eigenvalue weighted by Gasteiger charge is 2.38. The fraction of sp³-hybridized carbons (Fsp3) is 0.385. The number of hydrogen-bond donors (Lipinski definition) is 3. The largest absolute Gasteiger partial charge is 0.486 e. The molecule has 2 aromatic rings. The van der Waals surface area contributed by atoms with Crippen LogP contribution in [0.15, 0.2) is 42.5 Å². The summed E-state index contributed by atoms with van der Waals surface area (Å²) in [4.78, 5) is 25.1. The number of aliphatic hydroxyl groups excluding tert-OH is 1. The molecule has 0 saturated carbocycles. The van der Waals surface area contributed by atoms with Crippen molar-refractivity contribution in [3.63, 3.8) is 0 Å². The normalized spacial score (nSPS) is 19.4. The maximum atomic E-state index is 13.3. The molecule has 0 fully saturated rings. The number of alkyl halides is 3. The number of ether oxygens (including phenoxy) is 2. The van der Waals surface area contributed by atoms with Crippen LogP contribution in [0.2, 0.25) is 0 Å². The Bertz CT molecular complexity index is 1200. The number of carbonyl (C=O) groups excluding carboxylic acids is 2. The Labute approximate surface area is 206 Å². The number of halogens is 3. The van der Waals surface area contributed by atoms with Gasteiger partial charge in [-0.05, 0) is 48.7 Å². The van der Waals surface area contributed by atoms with Gasteiger partial charge in [0.2, 0.25) is 5.91 Å². The van der Waals surface area contributed by atoms with E-state index in [4.69, 9.17) is 14.6 Å². The fourth-order valence-corrected chi connectivity index (χ4v) is 4.41. The van der Waals surface area contributed by atoms with Gasteiger partial charge in [0.1, 0.15) is 17.1 Å². The van der Waals surface area contributed by atoms with Crippen molar-refractivity contribution in [2.75, 3.05) is 17.2 Å². The Morgan fingerprint density at radius 2 is 1.94 bits per heavy atom. The molecule has 0 radical (unpaired) electrons. The van der Waals surface area contributed by atoms with E-state index >= 15 is 0 Å². The minimum atomic E-state index is -4.51. The monoisotopic (exact) mass is 504 g/mol. The van der Waals surface area contributed by atoms with Crippen molar-refractivity contribution in [2.45, 2.75) is 57.4 Å². The lowest BCUT2D eigenvalue weighted by Crippen LogP contribution is -2.38. The fourth-order valence-electron chi connectivity index (χ4n) is 4.41. The summed E-state index contributed by atoms with van der Waals surface area (Å²) < 4.78 is 51.5. The Morgan fingerprint density at radius 1 is 1.19 bits per heavy atom. The van der Waals surface area contributed by atoms with Crippen LogP contribution in [-0.4, -0.2) is 35.2 Å². The molecule has 10 heteroatoms. The first-order valence-electron chi connectivity index (χ1n) is 11.7. The third kappa shape index (κ3) is 5.18. The second-order valence-corrected chi connectivity index (χ2v) is 8.86. The number of rotatable bonds is 6. The van der Waals surface area contributed by atoms with Crippen molar-refractivity contribution in [3.8, 4) is 11.5 Å². The van der Waals surface area contributed by atoms with Crippen LogP contribution in [0, 0.1) is 0 Å². The third-order valence-electron chi connectivity index (χ3n) is 6.55. The molecule has 192 valence electrons. The number of anilines is 2. The lowest BCUT2D eigenvalue weighted by molar-refractivity contribution is -0.137. The van der Waals surface area contributed by atoms with Crippen LogP contribution in [0.3, 0.4) is 0 Å². The molecule has 2 aliphatic heterocycles. The first-order valence-corrected chi connectivity index (χ1v) is 11.7. The van der Waals surface area contributed by atoms with E-state index in [1.807, 2.05) is 13.8 Å². The van der Waals surface area contributed by atoms with Gasteiger partial charge in [0.25, 0.3) is 5.91 Å². The molecule has 7 nitrogen and oxygen atoms in total. The summed E-state index contributed by atoms with van der Waals surface area (Å²) in [5.41, 5.74) is 0.266. The standard InChI is InChI=1S/C26H27F3N2O5/c1-3-25(4-2)14-15(18-7-5-16(26(27,28)29)12-22(18)36-25)11-23(33)30-17-6-8-20-19(13-17)31-24(34)21(35-20)9-10-32/h5-8,11-13,21,32H,3-4,9-10,14H2,1-2H3,(H,30,33)(H,31,34)/b15-11+. The first-order chi connectivity index (χ1) is 17.1. The molecular weight excluding hydrogens is 477 g/mol. The number of benzene rings is 2. The predicted octanol–water partition coefficient (Wildman–Crippen LogP) is 5.15. The van der Waals surface area contributed by atoms with Crippen molar-refractivity contribution in [1.82, 2.24) is 0 Å². The second-order valence-electron chi connectivity index (χ2n) is 8.86. The number of nitrogens with one attached hydrogen (secondary N) is 2. The smallest absolute Gasteiger partial charge is 0.416 e. The van der Waals surface area contributed by atoms with Gasteiger partial charge in [0.05, 0.1) is 11.3 Å². The van der Waals surface area contributed by atoms with Gasteiger partial charge in [0.15, 0.2) is 6.10 Å². The quantitative estimate of drug-likeness (QED) is 0.473. The third-order valence-corrected chi connectivity index (χ3v) is 6.55. The minimum Gasteiger partial charge on any atom is -0.486 e. The van der Waals surface area contributed by atoms with E-state index in [0.717, 1.165) is 12.1 Å². The van der Waals surface area contributed by atoms with E-state index in [0.29, 0.717) is 47.5 Å². The van der Waals surface area contributed by atoms with E-state index in [-0.39, 0.29) is 18.8 Å². The predicted molar refractivity (Wildman–Crippen MR) is 128 cm³/mol. The number of amides is 2. The van der Waals surface area contributed by atoms with E-state index in [2.05, 4.69) is 10.6 Å². The number of aliphatic hydroxyl groups is 1. The van der Waals surface area contributed by atoms with E-state index < -0.39 is 35.3 Å². The van der Waals surface area contributed by atoms with Gasteiger partial charge in [-0.2, -0.15) is 13.2 Å². The summed E-state index contributed by atoms with van der Waals surface area (Å²) in [5, 5.41) is 14.5. The molecule has 0 saturated heterocycles. The van der Waals surface area contributed by atoms with Crippen LogP contribution >= 0.6 is 0 Å². The van der Waals surface area contributed by atoms with Crippen molar-refractivity contribution in [3.05, 3.63) is 53.6 Å². The highest BCUT2D eigenvalue weighted by Crippen LogP contribution is 2.45. The molecule has 2 heterocycles. The number of carbonyl (C=O) groups is 2. The summed E-state index contributed by atoms with van der Waals surface area (Å²) in [6.45, 7) is 3.60. The minimum absolute atomic E-state index is 0.102. The summed E-state index contributed by atoms with van der Waals surface area (Å²) >= 11 is 0. The van der Waals surface area contributed by atoms with Crippen LogP contribution < -0.4 is 20.1 Å². The van der Waals surface area contributed by atoms with Gasteiger partial charge < -0.3 is 25.2 Å². The van der Waals surface area contributed by atoms with Gasteiger partial charge in [-0.25, -0.2) is 0 Å². The van der Waals surface area contributed by atoms with Gasteiger partial charge >= 0.3 is 6.18 Å². The van der Waals surface area contributed by atoms with E-state index in [1.54, 1.807) is 18.2 Å². The first kappa shape index (κ1) is 25.6. The zero-order chi connectivity index (χ0) is 26.1. The van der Waals surface area contributed by atoms with Crippen LogP contribution in [-0.2, 0) is 15.8 Å². The number of fused-ring (bicyclic) bond motifs is 2. The molecule has 0 aliphatic carbocycles. The molecule has 4 rings (SSSR count). The molecule has 0 aromatic heterocycles. The maximum Gasteiger partial charge on any atom is 0.416 e. The summed E-state index contributed by atoms with van der Waals surface area (Å²) in [6, 6.07) is 8.06. The van der Waals surface area contributed by atoms with Crippen LogP contribution in [0.4, 0.5) is 24.5 Å². The van der Waals surface area contributed by atoms with Crippen molar-refractivity contribution in [1.29, 1.82) is 0 Å². The maximum absolute atomic E-state index is 13.3. The lowest BCUT2D eigenvalue weighted by atomic mass is 9.83.